The molecule has 0 radical (unpaired) electrons. The lowest BCUT2D eigenvalue weighted by Crippen LogP contribution is -2.29. The van der Waals surface area contributed by atoms with Gasteiger partial charge in [0.15, 0.2) is 0 Å². The molecule has 0 aliphatic carbocycles. The number of benzene rings is 2. The molecular formula is C39H54O7. The first-order chi connectivity index (χ1) is 22.6. The molecular weight excluding hydrogens is 580 g/mol. The molecule has 46 heavy (non-hydrogen) atoms. The van der Waals surface area contributed by atoms with Crippen molar-refractivity contribution in [3.8, 4) is 35.7 Å². The molecule has 1 unspecified atom stereocenters. The minimum Gasteiger partial charge on any atom is -0.494 e. The van der Waals surface area contributed by atoms with Crippen LogP contribution in [-0.2, 0) is 23.7 Å². The summed E-state index contributed by atoms with van der Waals surface area (Å²) in [6.07, 6.45) is 15.5. The van der Waals surface area contributed by atoms with Gasteiger partial charge in [-0.05, 0) is 61.7 Å². The van der Waals surface area contributed by atoms with Crippen LogP contribution in [0.15, 0.2) is 30.3 Å². The standard InChI is InChI=1S/C39H54O7/c1-5-7-8-9-10-11-12-13-18-44-37-16-17-39(36(29-37)15-14-35-28-32(3)34(6-2)27-33(35)4)46-31-38-30-43-24-23-41-20-19-40-21-22-42-25-26-45-38/h2,16-17,27-29,38H,5,7-13,18-26,30-31H2,1,3-4H3. The van der Waals surface area contributed by atoms with E-state index in [9.17, 15) is 0 Å². The Morgan fingerprint density at radius 2 is 1.26 bits per heavy atom. The van der Waals surface area contributed by atoms with Crippen LogP contribution in [0.4, 0.5) is 0 Å². The fraction of sp³-hybridized carbons (Fsp3) is 0.590. The van der Waals surface area contributed by atoms with E-state index in [-0.39, 0.29) is 6.10 Å². The third-order valence-corrected chi connectivity index (χ3v) is 7.70. The molecule has 0 saturated carbocycles. The maximum Gasteiger partial charge on any atom is 0.135 e. The molecule has 1 aliphatic rings. The van der Waals surface area contributed by atoms with Crippen LogP contribution in [0.3, 0.4) is 0 Å². The van der Waals surface area contributed by atoms with Gasteiger partial charge < -0.3 is 33.2 Å². The topological polar surface area (TPSA) is 64.6 Å². The van der Waals surface area contributed by atoms with E-state index >= 15 is 0 Å². The highest BCUT2D eigenvalue weighted by atomic mass is 16.6. The summed E-state index contributed by atoms with van der Waals surface area (Å²) in [6, 6.07) is 9.89. The zero-order valence-corrected chi connectivity index (χ0v) is 28.3. The number of ether oxygens (including phenoxy) is 7. The number of rotatable bonds is 13. The summed E-state index contributed by atoms with van der Waals surface area (Å²) in [7, 11) is 0. The molecule has 2 aromatic carbocycles. The van der Waals surface area contributed by atoms with E-state index in [1.54, 1.807) is 0 Å². The van der Waals surface area contributed by atoms with Crippen molar-refractivity contribution >= 4 is 0 Å². The second-order valence-electron chi connectivity index (χ2n) is 11.6. The molecule has 252 valence electrons. The molecule has 0 spiro atoms. The van der Waals surface area contributed by atoms with Gasteiger partial charge in [-0.15, -0.1) is 6.42 Å². The maximum atomic E-state index is 6.32. The van der Waals surface area contributed by atoms with Crippen LogP contribution in [0.1, 0.15) is 86.1 Å². The van der Waals surface area contributed by atoms with Crippen LogP contribution in [0, 0.1) is 38.0 Å². The van der Waals surface area contributed by atoms with Gasteiger partial charge in [-0.3, -0.25) is 0 Å². The Morgan fingerprint density at radius 3 is 1.96 bits per heavy atom. The highest BCUT2D eigenvalue weighted by molar-refractivity contribution is 5.56. The van der Waals surface area contributed by atoms with Crippen molar-refractivity contribution in [1.29, 1.82) is 0 Å². The Kier molecular flexibility index (Phi) is 19.0. The van der Waals surface area contributed by atoms with Crippen molar-refractivity contribution in [2.45, 2.75) is 78.2 Å². The molecule has 1 fully saturated rings. The summed E-state index contributed by atoms with van der Waals surface area (Å²) in [5.41, 5.74) is 4.63. The first kappa shape index (κ1) is 37.4. The highest BCUT2D eigenvalue weighted by Gasteiger charge is 2.14. The second kappa shape index (κ2) is 23.3. The van der Waals surface area contributed by atoms with E-state index in [4.69, 9.17) is 39.6 Å². The lowest BCUT2D eigenvalue weighted by atomic mass is 10.0. The largest absolute Gasteiger partial charge is 0.494 e. The van der Waals surface area contributed by atoms with Gasteiger partial charge in [-0.2, -0.15) is 0 Å². The van der Waals surface area contributed by atoms with Gasteiger partial charge in [0, 0.05) is 11.1 Å². The number of hydrogen-bond acceptors (Lipinski definition) is 7. The van der Waals surface area contributed by atoms with Gasteiger partial charge in [-0.25, -0.2) is 0 Å². The lowest BCUT2D eigenvalue weighted by Gasteiger charge is -2.19. The van der Waals surface area contributed by atoms with Crippen LogP contribution >= 0.6 is 0 Å². The molecule has 1 heterocycles. The average Bonchev–Trinajstić information content (AvgIpc) is 3.07. The molecule has 0 bridgehead atoms. The summed E-state index contributed by atoms with van der Waals surface area (Å²) in [4.78, 5) is 0. The van der Waals surface area contributed by atoms with E-state index in [2.05, 4.69) is 24.7 Å². The lowest BCUT2D eigenvalue weighted by molar-refractivity contribution is -0.0606. The van der Waals surface area contributed by atoms with Crippen LogP contribution in [0.5, 0.6) is 11.5 Å². The van der Waals surface area contributed by atoms with Gasteiger partial charge in [0.1, 0.15) is 24.2 Å². The fourth-order valence-electron chi connectivity index (χ4n) is 4.96. The normalized spacial score (nSPS) is 16.7. The van der Waals surface area contributed by atoms with Crippen LogP contribution in [0.2, 0.25) is 0 Å². The quantitative estimate of drug-likeness (QED) is 0.173. The summed E-state index contributed by atoms with van der Waals surface area (Å²) in [6.45, 7) is 11.6. The zero-order valence-electron chi connectivity index (χ0n) is 28.3. The van der Waals surface area contributed by atoms with Gasteiger partial charge >= 0.3 is 0 Å². The third-order valence-electron chi connectivity index (χ3n) is 7.70. The molecule has 0 aromatic heterocycles. The van der Waals surface area contributed by atoms with Crippen LogP contribution in [-0.4, -0.2) is 78.8 Å². The van der Waals surface area contributed by atoms with E-state index < -0.39 is 0 Å². The molecule has 3 rings (SSSR count). The Labute approximate surface area is 277 Å². The Bertz CT molecular complexity index is 1220. The molecule has 7 nitrogen and oxygen atoms in total. The first-order valence-corrected chi connectivity index (χ1v) is 17.0. The van der Waals surface area contributed by atoms with Crippen molar-refractivity contribution in [3.05, 3.63) is 58.1 Å². The molecule has 7 heteroatoms. The molecule has 2 aromatic rings. The van der Waals surface area contributed by atoms with Gasteiger partial charge in [0.25, 0.3) is 0 Å². The average molecular weight is 635 g/mol. The van der Waals surface area contributed by atoms with Gasteiger partial charge in [0.2, 0.25) is 0 Å². The Balaban J connectivity index is 1.67. The smallest absolute Gasteiger partial charge is 0.135 e. The Hall–Kier alpha value is -3.04. The highest BCUT2D eigenvalue weighted by Crippen LogP contribution is 2.25. The fourth-order valence-corrected chi connectivity index (χ4v) is 4.96. The van der Waals surface area contributed by atoms with E-state index in [0.29, 0.717) is 78.4 Å². The predicted octanol–water partition coefficient (Wildman–Crippen LogP) is 7.05. The van der Waals surface area contributed by atoms with Crippen molar-refractivity contribution in [1.82, 2.24) is 0 Å². The molecule has 1 aliphatic heterocycles. The van der Waals surface area contributed by atoms with Gasteiger partial charge in [-0.1, -0.05) is 69.6 Å². The summed E-state index contributed by atoms with van der Waals surface area (Å²) >= 11 is 0. The second-order valence-corrected chi connectivity index (χ2v) is 11.6. The molecule has 0 amide bonds. The monoisotopic (exact) mass is 634 g/mol. The first-order valence-electron chi connectivity index (χ1n) is 17.0. The van der Waals surface area contributed by atoms with E-state index in [1.165, 1.54) is 44.9 Å². The minimum atomic E-state index is -0.287. The molecule has 1 saturated heterocycles. The summed E-state index contributed by atoms with van der Waals surface area (Å²) in [5, 5.41) is 0. The van der Waals surface area contributed by atoms with Crippen LogP contribution < -0.4 is 9.47 Å². The van der Waals surface area contributed by atoms with Gasteiger partial charge in [0.05, 0.1) is 71.6 Å². The number of terminal acetylenes is 1. The van der Waals surface area contributed by atoms with Crippen molar-refractivity contribution < 1.29 is 33.2 Å². The minimum absolute atomic E-state index is 0.287. The maximum absolute atomic E-state index is 6.32. The van der Waals surface area contributed by atoms with Crippen molar-refractivity contribution in [3.63, 3.8) is 0 Å². The Morgan fingerprint density at radius 1 is 0.674 bits per heavy atom. The number of aryl methyl sites for hydroxylation is 2. The third kappa shape index (κ3) is 15.0. The van der Waals surface area contributed by atoms with Crippen molar-refractivity contribution in [2.75, 3.05) is 72.7 Å². The summed E-state index contributed by atoms with van der Waals surface area (Å²) < 4.78 is 41.0. The number of unbranched alkanes of at least 4 members (excludes halogenated alkanes) is 7. The summed E-state index contributed by atoms with van der Waals surface area (Å²) in [5.74, 6) is 10.9. The zero-order chi connectivity index (χ0) is 32.7. The van der Waals surface area contributed by atoms with Crippen molar-refractivity contribution in [2.24, 2.45) is 0 Å². The molecule has 1 atom stereocenters. The predicted molar refractivity (Wildman–Crippen MR) is 183 cm³/mol. The number of hydrogen-bond donors (Lipinski definition) is 0. The molecule has 0 N–H and O–H groups in total. The van der Waals surface area contributed by atoms with Crippen LogP contribution in [0.25, 0.3) is 0 Å². The van der Waals surface area contributed by atoms with E-state index in [0.717, 1.165) is 40.0 Å². The SMILES string of the molecule is C#Cc1cc(C)c(C#Cc2cc(OCCCCCCCCCC)ccc2OCC2COCCOCCOCCOCCO2)cc1C. The van der Waals surface area contributed by atoms with E-state index in [1.807, 2.05) is 44.2 Å².